The van der Waals surface area contributed by atoms with Crippen molar-refractivity contribution in [1.29, 1.82) is 0 Å². The molecule has 0 saturated carbocycles. The third kappa shape index (κ3) is 7.90. The number of likely N-dealkylation sites (tertiary alicyclic amines) is 1. The maximum absolute atomic E-state index is 13.4. The Morgan fingerprint density at radius 2 is 1.47 bits per heavy atom. The third-order valence-corrected chi connectivity index (χ3v) is 10.8. The first-order valence-electron chi connectivity index (χ1n) is 18.2. The zero-order valence-corrected chi connectivity index (χ0v) is 30.2. The number of carbonyl (C=O) groups is 3. The van der Waals surface area contributed by atoms with Gasteiger partial charge in [0, 0.05) is 62.8 Å². The number of nitrogens with one attached hydrogen (secondary N) is 2. The minimum absolute atomic E-state index is 0.0236. The highest BCUT2D eigenvalue weighted by atomic mass is 19.3. The van der Waals surface area contributed by atoms with Crippen molar-refractivity contribution in [3.63, 3.8) is 0 Å². The van der Waals surface area contributed by atoms with Crippen molar-refractivity contribution < 1.29 is 27.9 Å². The van der Waals surface area contributed by atoms with E-state index in [-0.39, 0.29) is 29.8 Å². The van der Waals surface area contributed by atoms with Gasteiger partial charge in [0.15, 0.2) is 0 Å². The van der Waals surface area contributed by atoms with Crippen LogP contribution in [0.4, 0.5) is 14.5 Å². The molecule has 3 aliphatic rings. The Morgan fingerprint density at radius 3 is 2.09 bits per heavy atom. The van der Waals surface area contributed by atoms with Crippen LogP contribution < -0.4 is 10.6 Å². The Balaban J connectivity index is 0.911. The van der Waals surface area contributed by atoms with E-state index in [9.17, 15) is 23.2 Å². The second kappa shape index (κ2) is 15.6. The number of aromatic nitrogens is 1. The van der Waals surface area contributed by atoms with Crippen LogP contribution in [0.5, 0.6) is 0 Å². The molecule has 0 atom stereocenters. The zero-order valence-electron chi connectivity index (χ0n) is 30.2. The van der Waals surface area contributed by atoms with E-state index < -0.39 is 6.43 Å². The van der Waals surface area contributed by atoms with Crippen molar-refractivity contribution in [3.05, 3.63) is 124 Å². The Kier molecular flexibility index (Phi) is 10.7. The largest absolute Gasteiger partial charge is 0.377 e. The van der Waals surface area contributed by atoms with Gasteiger partial charge in [-0.25, -0.2) is 8.78 Å². The molecule has 0 bridgehead atoms. The first kappa shape index (κ1) is 36.4. The molecule has 0 aliphatic carbocycles. The average molecular weight is 725 g/mol. The van der Waals surface area contributed by atoms with Gasteiger partial charge in [0.1, 0.15) is 11.2 Å². The van der Waals surface area contributed by atoms with Crippen LogP contribution in [0.15, 0.2) is 84.9 Å². The number of ether oxygens (including phenoxy) is 1. The van der Waals surface area contributed by atoms with E-state index in [4.69, 9.17) is 4.74 Å². The number of fused-ring (bicyclic) bond motifs is 2. The molecule has 12 heteroatoms. The van der Waals surface area contributed by atoms with E-state index in [1.807, 2.05) is 89.8 Å². The number of amides is 3. The summed E-state index contributed by atoms with van der Waals surface area (Å²) in [6, 6.07) is 26.6. The Bertz CT molecular complexity index is 1920. The molecule has 3 amide bonds. The number of hydrogen-bond acceptors (Lipinski definition) is 6. The predicted molar refractivity (Wildman–Crippen MR) is 198 cm³/mol. The fourth-order valence-electron chi connectivity index (χ4n) is 7.73. The smallest absolute Gasteiger partial charge is 0.268 e. The normalized spacial score (nSPS) is 17.3. The number of hydrogen-bond donors (Lipinski definition) is 2. The van der Waals surface area contributed by atoms with Crippen LogP contribution >= 0.6 is 0 Å². The van der Waals surface area contributed by atoms with Gasteiger partial charge in [-0.05, 0) is 97.1 Å². The summed E-state index contributed by atoms with van der Waals surface area (Å²) >= 11 is 0. The molecule has 1 spiro atoms. The highest BCUT2D eigenvalue weighted by molar-refractivity contribution is 6.04. The van der Waals surface area contributed by atoms with Crippen LogP contribution in [0.25, 0.3) is 0 Å². The van der Waals surface area contributed by atoms with Gasteiger partial charge >= 0.3 is 0 Å². The summed E-state index contributed by atoms with van der Waals surface area (Å²) < 4.78 is 33.3. The molecule has 0 radical (unpaired) electrons. The summed E-state index contributed by atoms with van der Waals surface area (Å²) in [5.41, 5.74) is 6.37. The van der Waals surface area contributed by atoms with Crippen LogP contribution in [0.1, 0.15) is 72.3 Å². The molecule has 3 aromatic carbocycles. The Morgan fingerprint density at radius 1 is 0.811 bits per heavy atom. The van der Waals surface area contributed by atoms with E-state index in [1.165, 1.54) is 0 Å². The minimum atomic E-state index is -2.31. The van der Waals surface area contributed by atoms with E-state index >= 15 is 0 Å². The first-order chi connectivity index (χ1) is 25.6. The van der Waals surface area contributed by atoms with Crippen LogP contribution in [-0.4, -0.2) is 96.9 Å². The van der Waals surface area contributed by atoms with Crippen LogP contribution in [0.2, 0.25) is 0 Å². The van der Waals surface area contributed by atoms with Crippen molar-refractivity contribution in [2.24, 2.45) is 0 Å². The molecule has 0 unspecified atom stereocenters. The molecule has 2 N–H and O–H groups in total. The summed E-state index contributed by atoms with van der Waals surface area (Å²) in [5.74, 6) is -0.0883. The van der Waals surface area contributed by atoms with Gasteiger partial charge in [0.05, 0.1) is 19.8 Å². The van der Waals surface area contributed by atoms with E-state index in [1.54, 1.807) is 19.0 Å². The molecule has 2 saturated heterocycles. The second-order valence-electron chi connectivity index (χ2n) is 14.5. The summed E-state index contributed by atoms with van der Waals surface area (Å²) in [4.78, 5) is 44.5. The number of halogens is 2. The number of nitrogens with zero attached hydrogens (tertiary/aromatic N) is 4. The van der Waals surface area contributed by atoms with E-state index in [0.29, 0.717) is 74.4 Å². The van der Waals surface area contributed by atoms with Crippen molar-refractivity contribution in [3.8, 4) is 0 Å². The van der Waals surface area contributed by atoms with Gasteiger partial charge in [0.2, 0.25) is 0 Å². The van der Waals surface area contributed by atoms with Gasteiger partial charge < -0.3 is 24.8 Å². The van der Waals surface area contributed by atoms with E-state index in [0.717, 1.165) is 41.8 Å². The van der Waals surface area contributed by atoms with Crippen LogP contribution in [0, 0.1) is 0 Å². The Labute approximate surface area is 308 Å². The van der Waals surface area contributed by atoms with E-state index in [2.05, 4.69) is 20.1 Å². The van der Waals surface area contributed by atoms with Crippen molar-refractivity contribution >= 4 is 23.4 Å². The lowest BCUT2D eigenvalue weighted by molar-refractivity contribution is -0.162. The molecular weight excluding hydrogens is 678 g/mol. The summed E-state index contributed by atoms with van der Waals surface area (Å²) in [7, 11) is 3.49. The quantitative estimate of drug-likeness (QED) is 0.211. The molecular formula is C41H46F2N6O4. The first-order valence-corrected chi connectivity index (χ1v) is 18.2. The minimum Gasteiger partial charge on any atom is -0.377 e. The maximum Gasteiger partial charge on any atom is 0.268 e. The topological polar surface area (TPSA) is 99.2 Å². The molecule has 53 heavy (non-hydrogen) atoms. The lowest BCUT2D eigenvalue weighted by atomic mass is 9.88. The van der Waals surface area contributed by atoms with Crippen molar-refractivity contribution in [1.82, 2.24) is 24.6 Å². The fourth-order valence-corrected chi connectivity index (χ4v) is 7.73. The lowest BCUT2D eigenvalue weighted by Crippen LogP contribution is -2.63. The summed E-state index contributed by atoms with van der Waals surface area (Å²) in [6.45, 7) is 4.72. The van der Waals surface area contributed by atoms with Gasteiger partial charge in [0.25, 0.3) is 24.1 Å². The molecule has 2 fully saturated rings. The Hall–Kier alpha value is -4.91. The van der Waals surface area contributed by atoms with Gasteiger partial charge in [-0.2, -0.15) is 0 Å². The zero-order chi connectivity index (χ0) is 37.1. The number of rotatable bonds is 11. The van der Waals surface area contributed by atoms with Gasteiger partial charge in [-0.3, -0.25) is 24.2 Å². The molecule has 10 nitrogen and oxygen atoms in total. The third-order valence-electron chi connectivity index (χ3n) is 10.8. The molecule has 7 rings (SSSR count). The highest BCUT2D eigenvalue weighted by Crippen LogP contribution is 2.41. The number of benzene rings is 3. The van der Waals surface area contributed by atoms with Gasteiger partial charge in [-0.1, -0.05) is 36.4 Å². The summed E-state index contributed by atoms with van der Waals surface area (Å²) in [5, 5.41) is 6.00. The number of piperidine rings is 1. The lowest BCUT2D eigenvalue weighted by Gasteiger charge is -2.53. The molecule has 3 aliphatic heterocycles. The maximum atomic E-state index is 13.4. The summed E-state index contributed by atoms with van der Waals surface area (Å²) in [6.07, 6.45) is -0.653. The fraction of sp³-hybridized carbons (Fsp3) is 0.390. The molecule has 1 aromatic heterocycles. The predicted octanol–water partition coefficient (Wildman–Crippen LogP) is 5.56. The van der Waals surface area contributed by atoms with Crippen molar-refractivity contribution in [2.75, 3.05) is 58.8 Å². The molecule has 4 aromatic rings. The monoisotopic (exact) mass is 724 g/mol. The number of carbonyl (C=O) groups excluding carboxylic acids is 3. The second-order valence-corrected chi connectivity index (χ2v) is 14.5. The molecule has 4 heterocycles. The molecule has 278 valence electrons. The average Bonchev–Trinajstić information content (AvgIpc) is 3.58. The standard InChI is InChI=1S/C41H46F2N6O4/c1-46(2)40(52)33-7-3-29(4-8-33)24-48-21-22-49-35(15-16-36(49)41(48)26-53-27-41)39(51)44-23-28-5-13-34(14-6-28)45-38(50)32-11-9-30(10-12-32)31-17-19-47(20-18-31)25-37(42)43/h3-16,31,37H,17-27H2,1-2H3,(H,44,51)(H,45,50). The highest BCUT2D eigenvalue weighted by Gasteiger charge is 2.50. The van der Waals surface area contributed by atoms with Crippen LogP contribution in [-0.2, 0) is 29.9 Å². The number of anilines is 1. The van der Waals surface area contributed by atoms with Gasteiger partial charge in [-0.15, -0.1) is 0 Å². The number of alkyl halides is 2. The van der Waals surface area contributed by atoms with Crippen molar-refractivity contribution in [2.45, 2.75) is 50.4 Å². The van der Waals surface area contributed by atoms with Crippen LogP contribution in [0.3, 0.4) is 0 Å². The SMILES string of the molecule is CN(C)C(=O)c1ccc(CN2CCn3c(C(=O)NCc4ccc(NC(=O)c5ccc(C6CCN(CC(F)F)CC6)cc5)cc4)ccc3C23COC3)cc1.